The minimum atomic E-state index is -1.09. The van der Waals surface area contributed by atoms with Gasteiger partial charge in [0, 0.05) is 7.05 Å². The first-order valence-corrected chi connectivity index (χ1v) is 10.3. The van der Waals surface area contributed by atoms with Gasteiger partial charge in [0.1, 0.15) is 18.2 Å². The fourth-order valence-corrected chi connectivity index (χ4v) is 2.57. The summed E-state index contributed by atoms with van der Waals surface area (Å²) in [7, 11) is 1.50. The van der Waals surface area contributed by atoms with Crippen LogP contribution in [0, 0.1) is 5.92 Å². The van der Waals surface area contributed by atoms with Gasteiger partial charge in [-0.15, -0.1) is 0 Å². The Morgan fingerprint density at radius 1 is 0.967 bits per heavy atom. The van der Waals surface area contributed by atoms with Gasteiger partial charge < -0.3 is 14.2 Å². The second kappa shape index (κ2) is 11.6. The van der Waals surface area contributed by atoms with Crippen LogP contribution >= 0.6 is 0 Å². The lowest BCUT2D eigenvalue weighted by molar-refractivity contribution is -0.170. The van der Waals surface area contributed by atoms with Crippen molar-refractivity contribution in [3.05, 3.63) is 35.9 Å². The van der Waals surface area contributed by atoms with Crippen LogP contribution < -0.4 is 0 Å². The quantitative estimate of drug-likeness (QED) is 0.436. The third-order valence-corrected chi connectivity index (χ3v) is 4.29. The minimum absolute atomic E-state index is 0.0934. The first kappa shape index (κ1) is 25.5. The molecule has 7 heteroatoms. The third-order valence-electron chi connectivity index (χ3n) is 4.29. The average Bonchev–Trinajstić information content (AvgIpc) is 2.65. The van der Waals surface area contributed by atoms with Gasteiger partial charge >= 0.3 is 18.0 Å². The number of ether oxygens (including phenoxy) is 3. The molecule has 1 aromatic rings. The third kappa shape index (κ3) is 9.29. The lowest BCUT2D eigenvalue weighted by Gasteiger charge is -2.30. The van der Waals surface area contributed by atoms with Gasteiger partial charge in [-0.2, -0.15) is 0 Å². The molecule has 0 saturated carbocycles. The van der Waals surface area contributed by atoms with Crippen LogP contribution in [0.25, 0.3) is 0 Å². The number of hydrogen-bond acceptors (Lipinski definition) is 6. The van der Waals surface area contributed by atoms with Gasteiger partial charge in [-0.05, 0) is 52.0 Å². The zero-order valence-corrected chi connectivity index (χ0v) is 19.1. The summed E-state index contributed by atoms with van der Waals surface area (Å²) in [5, 5.41) is 0. The Balaban J connectivity index is 2.74. The predicted octanol–water partition coefficient (Wildman–Crippen LogP) is 4.33. The number of carbonyl (C=O) groups is 3. The molecule has 0 radical (unpaired) electrons. The average molecular weight is 422 g/mol. The van der Waals surface area contributed by atoms with E-state index in [1.165, 1.54) is 18.9 Å². The maximum absolute atomic E-state index is 12.8. The Kier molecular flexibility index (Phi) is 9.82. The summed E-state index contributed by atoms with van der Waals surface area (Å²) in [5.74, 6) is -0.969. The predicted molar refractivity (Wildman–Crippen MR) is 114 cm³/mol. The second-order valence-electron chi connectivity index (χ2n) is 8.75. The van der Waals surface area contributed by atoms with Crippen LogP contribution in [0.2, 0.25) is 0 Å². The number of benzene rings is 1. The molecule has 7 nitrogen and oxygen atoms in total. The molecular weight excluding hydrogens is 386 g/mol. The summed E-state index contributed by atoms with van der Waals surface area (Å²) in [6, 6.07) is 8.38. The molecule has 0 aliphatic carbocycles. The topological polar surface area (TPSA) is 82.1 Å². The van der Waals surface area contributed by atoms with Crippen LogP contribution in [0.4, 0.5) is 4.79 Å². The highest BCUT2D eigenvalue weighted by Gasteiger charge is 2.33. The van der Waals surface area contributed by atoms with E-state index in [2.05, 4.69) is 0 Å². The summed E-state index contributed by atoms with van der Waals surface area (Å²) >= 11 is 0. The van der Waals surface area contributed by atoms with E-state index in [1.54, 1.807) is 20.8 Å². The summed E-state index contributed by atoms with van der Waals surface area (Å²) in [5.41, 5.74) is 0.149. The molecule has 1 amide bonds. The summed E-state index contributed by atoms with van der Waals surface area (Å²) < 4.78 is 15.9. The van der Waals surface area contributed by atoms with Crippen molar-refractivity contribution in [2.24, 2.45) is 5.92 Å². The van der Waals surface area contributed by atoms with Crippen LogP contribution in [0.3, 0.4) is 0 Å². The van der Waals surface area contributed by atoms with Crippen molar-refractivity contribution in [2.45, 2.75) is 78.7 Å². The smallest absolute Gasteiger partial charge is 0.410 e. The van der Waals surface area contributed by atoms with E-state index in [-0.39, 0.29) is 6.61 Å². The lowest BCUT2D eigenvalue weighted by atomic mass is 10.0. The Morgan fingerprint density at radius 3 is 2.10 bits per heavy atom. The summed E-state index contributed by atoms with van der Waals surface area (Å²) in [6.07, 6.45) is -0.597. The molecule has 0 aromatic heterocycles. The Labute approximate surface area is 179 Å². The van der Waals surface area contributed by atoms with Crippen LogP contribution in [-0.2, 0) is 30.4 Å². The Hall–Kier alpha value is -2.57. The van der Waals surface area contributed by atoms with Crippen molar-refractivity contribution in [2.75, 3.05) is 7.05 Å². The largest absolute Gasteiger partial charge is 0.458 e. The highest BCUT2D eigenvalue weighted by Crippen LogP contribution is 2.17. The fourth-order valence-electron chi connectivity index (χ4n) is 2.57. The van der Waals surface area contributed by atoms with E-state index in [4.69, 9.17) is 14.2 Å². The van der Waals surface area contributed by atoms with Gasteiger partial charge in [-0.1, -0.05) is 44.2 Å². The van der Waals surface area contributed by atoms with Gasteiger partial charge in [0.25, 0.3) is 0 Å². The van der Waals surface area contributed by atoms with Crippen LogP contribution in [-0.4, -0.2) is 47.7 Å². The van der Waals surface area contributed by atoms with E-state index in [1.807, 2.05) is 44.2 Å². The first-order chi connectivity index (χ1) is 13.9. The molecule has 0 aliphatic heterocycles. The van der Waals surface area contributed by atoms with E-state index in [9.17, 15) is 14.4 Å². The summed E-state index contributed by atoms with van der Waals surface area (Å²) in [4.78, 5) is 38.7. The lowest BCUT2D eigenvalue weighted by Crippen LogP contribution is -2.47. The molecule has 0 spiro atoms. The molecule has 168 valence electrons. The molecule has 0 heterocycles. The standard InChI is InChI=1S/C23H35NO6/c1-16(2)13-14-19(24(7)22(27)30-23(4,5)6)21(26)29-17(3)20(25)28-15-18-11-9-8-10-12-18/h8-12,16-17,19H,13-15H2,1-7H3/t17-,19+/m1/s1. The van der Waals surface area contributed by atoms with E-state index in [0.717, 1.165) is 5.56 Å². The van der Waals surface area contributed by atoms with Gasteiger partial charge in [0.2, 0.25) is 0 Å². The normalized spacial score (nSPS) is 13.3. The van der Waals surface area contributed by atoms with Crippen molar-refractivity contribution >= 4 is 18.0 Å². The first-order valence-electron chi connectivity index (χ1n) is 10.3. The molecule has 1 rings (SSSR count). The number of esters is 2. The van der Waals surface area contributed by atoms with Crippen LogP contribution in [0.1, 0.15) is 59.9 Å². The fraction of sp³-hybridized carbons (Fsp3) is 0.609. The van der Waals surface area contributed by atoms with Crippen molar-refractivity contribution < 1.29 is 28.6 Å². The Bertz CT molecular complexity index is 695. The SMILES string of the molecule is CC(C)CC[C@@H](C(=O)O[C@H](C)C(=O)OCc1ccccc1)N(C)C(=O)OC(C)(C)C. The van der Waals surface area contributed by atoms with Gasteiger partial charge in [-0.3, -0.25) is 4.90 Å². The zero-order chi connectivity index (χ0) is 22.9. The van der Waals surface area contributed by atoms with E-state index >= 15 is 0 Å². The highest BCUT2D eigenvalue weighted by atomic mass is 16.6. The van der Waals surface area contributed by atoms with Crippen LogP contribution in [0.15, 0.2) is 30.3 Å². The number of hydrogen-bond donors (Lipinski definition) is 0. The molecule has 0 unspecified atom stereocenters. The molecule has 0 N–H and O–H groups in total. The van der Waals surface area contributed by atoms with E-state index in [0.29, 0.717) is 18.8 Å². The molecule has 0 saturated heterocycles. The summed E-state index contributed by atoms with van der Waals surface area (Å²) in [6.45, 7) is 10.9. The number of carbonyl (C=O) groups excluding carboxylic acids is 3. The molecule has 2 atom stereocenters. The molecular formula is C23H35NO6. The second-order valence-corrected chi connectivity index (χ2v) is 8.75. The zero-order valence-electron chi connectivity index (χ0n) is 19.1. The maximum Gasteiger partial charge on any atom is 0.410 e. The van der Waals surface area contributed by atoms with Gasteiger partial charge in [-0.25, -0.2) is 14.4 Å². The maximum atomic E-state index is 12.8. The van der Waals surface area contributed by atoms with Crippen LogP contribution in [0.5, 0.6) is 0 Å². The van der Waals surface area contributed by atoms with E-state index < -0.39 is 35.8 Å². The van der Waals surface area contributed by atoms with Gasteiger partial charge in [0.15, 0.2) is 6.10 Å². The monoisotopic (exact) mass is 421 g/mol. The molecule has 0 bridgehead atoms. The molecule has 1 aromatic carbocycles. The molecule has 0 aliphatic rings. The van der Waals surface area contributed by atoms with Crippen molar-refractivity contribution in [3.8, 4) is 0 Å². The number of rotatable bonds is 9. The van der Waals surface area contributed by atoms with Crippen molar-refractivity contribution in [3.63, 3.8) is 0 Å². The number of nitrogens with zero attached hydrogens (tertiary/aromatic N) is 1. The minimum Gasteiger partial charge on any atom is -0.458 e. The highest BCUT2D eigenvalue weighted by molar-refractivity contribution is 5.84. The van der Waals surface area contributed by atoms with Gasteiger partial charge in [0.05, 0.1) is 0 Å². The number of amides is 1. The molecule has 0 fully saturated rings. The number of likely N-dealkylation sites (N-methyl/N-ethyl adjacent to an activating group) is 1. The Morgan fingerprint density at radius 2 is 1.57 bits per heavy atom. The van der Waals surface area contributed by atoms with Crippen molar-refractivity contribution in [1.29, 1.82) is 0 Å². The van der Waals surface area contributed by atoms with Crippen molar-refractivity contribution in [1.82, 2.24) is 4.90 Å². The molecule has 30 heavy (non-hydrogen) atoms.